The molecule has 1 N–H and O–H groups in total. The molecule has 1 aliphatic heterocycles. The predicted molar refractivity (Wildman–Crippen MR) is 160 cm³/mol. The van der Waals surface area contributed by atoms with Gasteiger partial charge in [-0.25, -0.2) is 8.42 Å². The molecular formula is C29H37Cl2N3O6S. The quantitative estimate of drug-likeness (QED) is 0.348. The minimum atomic E-state index is -3.65. The van der Waals surface area contributed by atoms with E-state index in [1.807, 2.05) is 6.92 Å². The Morgan fingerprint density at radius 2 is 1.73 bits per heavy atom. The number of anilines is 1. The maximum Gasteiger partial charge on any atom is 0.243 e. The lowest BCUT2D eigenvalue weighted by atomic mass is 10.1. The monoisotopic (exact) mass is 625 g/mol. The van der Waals surface area contributed by atoms with Gasteiger partial charge in [-0.05, 0) is 55.5 Å². The van der Waals surface area contributed by atoms with Crippen molar-refractivity contribution in [2.45, 2.75) is 70.5 Å². The molecule has 41 heavy (non-hydrogen) atoms. The van der Waals surface area contributed by atoms with Crippen LogP contribution in [0.5, 0.6) is 11.5 Å². The van der Waals surface area contributed by atoms with E-state index in [1.54, 1.807) is 41.3 Å². The zero-order valence-electron chi connectivity index (χ0n) is 23.4. The van der Waals surface area contributed by atoms with Crippen molar-refractivity contribution in [1.82, 2.24) is 10.2 Å². The van der Waals surface area contributed by atoms with E-state index in [0.717, 1.165) is 37.5 Å². The minimum absolute atomic E-state index is 0.0467. The summed E-state index contributed by atoms with van der Waals surface area (Å²) >= 11 is 12.3. The number of carbonyl (C=O) groups excluding carboxylic acids is 2. The van der Waals surface area contributed by atoms with E-state index >= 15 is 0 Å². The van der Waals surface area contributed by atoms with Gasteiger partial charge in [0.15, 0.2) is 11.5 Å². The molecule has 0 aromatic heterocycles. The summed E-state index contributed by atoms with van der Waals surface area (Å²) in [6.07, 6.45) is 5.88. The number of benzene rings is 2. The van der Waals surface area contributed by atoms with E-state index in [-0.39, 0.29) is 43.8 Å². The van der Waals surface area contributed by atoms with E-state index in [2.05, 4.69) is 5.32 Å². The molecule has 2 aromatic rings. The summed E-state index contributed by atoms with van der Waals surface area (Å²) in [5, 5.41) is 3.89. The van der Waals surface area contributed by atoms with Crippen molar-refractivity contribution in [3.8, 4) is 11.5 Å². The number of fused-ring (bicyclic) bond motifs is 1. The van der Waals surface area contributed by atoms with E-state index < -0.39 is 16.1 Å². The van der Waals surface area contributed by atoms with Crippen molar-refractivity contribution < 1.29 is 27.5 Å². The Kier molecular flexibility index (Phi) is 10.7. The summed E-state index contributed by atoms with van der Waals surface area (Å²) in [4.78, 5) is 28.6. The van der Waals surface area contributed by atoms with E-state index in [0.29, 0.717) is 46.9 Å². The second-order valence-electron chi connectivity index (χ2n) is 10.5. The molecular weight excluding hydrogens is 589 g/mol. The van der Waals surface area contributed by atoms with Gasteiger partial charge in [0.1, 0.15) is 19.3 Å². The first kappa shape index (κ1) is 31.3. The molecule has 2 aromatic carbocycles. The van der Waals surface area contributed by atoms with Gasteiger partial charge < -0.3 is 19.7 Å². The van der Waals surface area contributed by atoms with Crippen LogP contribution < -0.4 is 19.1 Å². The van der Waals surface area contributed by atoms with Crippen LogP contribution in [0.3, 0.4) is 0 Å². The van der Waals surface area contributed by atoms with Crippen molar-refractivity contribution in [2.75, 3.05) is 30.3 Å². The zero-order chi connectivity index (χ0) is 29.6. The first-order chi connectivity index (χ1) is 19.6. The van der Waals surface area contributed by atoms with Gasteiger partial charge in [0, 0.05) is 31.6 Å². The average Bonchev–Trinajstić information content (AvgIpc) is 3.45. The van der Waals surface area contributed by atoms with Gasteiger partial charge >= 0.3 is 0 Å². The third-order valence-electron chi connectivity index (χ3n) is 7.39. The largest absolute Gasteiger partial charge is 0.486 e. The Bertz CT molecular complexity index is 1350. The van der Waals surface area contributed by atoms with E-state index in [9.17, 15) is 18.0 Å². The number of carbonyl (C=O) groups is 2. The van der Waals surface area contributed by atoms with Crippen LogP contribution in [0.1, 0.15) is 57.4 Å². The zero-order valence-corrected chi connectivity index (χ0v) is 25.7. The fourth-order valence-corrected chi connectivity index (χ4v) is 6.59. The maximum atomic E-state index is 13.7. The van der Waals surface area contributed by atoms with Crippen molar-refractivity contribution in [1.29, 1.82) is 0 Å². The summed E-state index contributed by atoms with van der Waals surface area (Å²) in [6.45, 7) is 2.94. The van der Waals surface area contributed by atoms with Crippen LogP contribution in [0.15, 0.2) is 36.4 Å². The van der Waals surface area contributed by atoms with Crippen LogP contribution in [-0.2, 0) is 26.2 Å². The summed E-state index contributed by atoms with van der Waals surface area (Å²) in [7, 11) is -3.65. The fraction of sp³-hybridized carbons (Fsp3) is 0.517. The Labute approximate surface area is 252 Å². The lowest BCUT2D eigenvalue weighted by molar-refractivity contribution is -0.141. The molecule has 0 radical (unpaired) electrons. The molecule has 4 rings (SSSR count). The SMILES string of the molecule is CCC(C(=O)NC1CCCC1)N(Cc1ccc(Cl)c(Cl)c1)C(=O)CCCN(c1ccc2c(c1)OCCO2)S(C)(=O)=O. The lowest BCUT2D eigenvalue weighted by Gasteiger charge is -2.32. The van der Waals surface area contributed by atoms with Gasteiger partial charge in [0.05, 0.1) is 22.0 Å². The van der Waals surface area contributed by atoms with Gasteiger partial charge in [-0.15, -0.1) is 0 Å². The Balaban J connectivity index is 1.50. The van der Waals surface area contributed by atoms with Crippen LogP contribution in [-0.4, -0.2) is 63.2 Å². The van der Waals surface area contributed by atoms with Gasteiger partial charge in [-0.1, -0.05) is 49.0 Å². The normalized spacial score (nSPS) is 15.8. The molecule has 1 unspecified atom stereocenters. The highest BCUT2D eigenvalue weighted by molar-refractivity contribution is 7.92. The number of ether oxygens (including phenoxy) is 2. The Hall–Kier alpha value is -2.69. The number of nitrogens with zero attached hydrogens (tertiary/aromatic N) is 2. The molecule has 1 aliphatic carbocycles. The van der Waals surface area contributed by atoms with Crippen molar-refractivity contribution in [3.63, 3.8) is 0 Å². The second-order valence-corrected chi connectivity index (χ2v) is 13.2. The molecule has 9 nitrogen and oxygen atoms in total. The molecule has 0 bridgehead atoms. The van der Waals surface area contributed by atoms with Crippen molar-refractivity contribution >= 4 is 50.7 Å². The molecule has 0 saturated heterocycles. The number of sulfonamides is 1. The van der Waals surface area contributed by atoms with Crippen LogP contribution in [0, 0.1) is 0 Å². The molecule has 1 atom stereocenters. The molecule has 2 aliphatic rings. The smallest absolute Gasteiger partial charge is 0.243 e. The number of halogens is 2. The summed E-state index contributed by atoms with van der Waals surface area (Å²) < 4.78 is 37.8. The molecule has 0 spiro atoms. The number of hydrogen-bond donors (Lipinski definition) is 1. The molecule has 224 valence electrons. The predicted octanol–water partition coefficient (Wildman–Crippen LogP) is 5.18. The van der Waals surface area contributed by atoms with Gasteiger partial charge in [0.2, 0.25) is 21.8 Å². The molecule has 1 saturated carbocycles. The lowest BCUT2D eigenvalue weighted by Crippen LogP contribution is -2.51. The third kappa shape index (κ3) is 8.20. The highest BCUT2D eigenvalue weighted by atomic mass is 35.5. The van der Waals surface area contributed by atoms with Crippen molar-refractivity contribution in [3.05, 3.63) is 52.0 Å². The highest BCUT2D eigenvalue weighted by Crippen LogP contribution is 2.35. The number of rotatable bonds is 12. The number of hydrogen-bond acceptors (Lipinski definition) is 6. The van der Waals surface area contributed by atoms with Crippen molar-refractivity contribution in [2.24, 2.45) is 0 Å². The van der Waals surface area contributed by atoms with Crippen LogP contribution in [0.4, 0.5) is 5.69 Å². The second kappa shape index (κ2) is 14.0. The van der Waals surface area contributed by atoms with E-state index in [1.165, 1.54) is 4.31 Å². The maximum absolute atomic E-state index is 13.7. The first-order valence-electron chi connectivity index (χ1n) is 14.0. The molecule has 1 heterocycles. The van der Waals surface area contributed by atoms with Gasteiger partial charge in [-0.3, -0.25) is 13.9 Å². The number of nitrogens with one attached hydrogen (secondary N) is 1. The third-order valence-corrected chi connectivity index (χ3v) is 9.32. The molecule has 12 heteroatoms. The van der Waals surface area contributed by atoms with Crippen LogP contribution in [0.2, 0.25) is 10.0 Å². The Morgan fingerprint density at radius 3 is 2.39 bits per heavy atom. The van der Waals surface area contributed by atoms with E-state index in [4.69, 9.17) is 32.7 Å². The van der Waals surface area contributed by atoms with Crippen LogP contribution >= 0.6 is 23.2 Å². The summed E-state index contributed by atoms with van der Waals surface area (Å²) in [5.41, 5.74) is 1.17. The highest BCUT2D eigenvalue weighted by Gasteiger charge is 2.31. The Morgan fingerprint density at radius 1 is 1.02 bits per heavy atom. The summed E-state index contributed by atoms with van der Waals surface area (Å²) in [6, 6.07) is 9.55. The first-order valence-corrected chi connectivity index (χ1v) is 16.6. The topological polar surface area (TPSA) is 105 Å². The number of amides is 2. The molecule has 2 amide bonds. The summed E-state index contributed by atoms with van der Waals surface area (Å²) in [5.74, 6) is 0.607. The fourth-order valence-electron chi connectivity index (χ4n) is 5.31. The molecule has 1 fully saturated rings. The van der Waals surface area contributed by atoms with Crippen LogP contribution in [0.25, 0.3) is 0 Å². The minimum Gasteiger partial charge on any atom is -0.486 e. The van der Waals surface area contributed by atoms with Gasteiger partial charge in [0.25, 0.3) is 0 Å². The average molecular weight is 627 g/mol. The van der Waals surface area contributed by atoms with Gasteiger partial charge in [-0.2, -0.15) is 0 Å². The standard InChI is InChI=1S/C29H37Cl2N3O6S/c1-3-25(29(36)32-21-7-4-5-8-21)33(19-20-10-12-23(30)24(31)17-20)28(35)9-6-14-34(41(2,37)38)22-11-13-26-27(18-22)40-16-15-39-26/h10-13,17-18,21,25H,3-9,14-16,19H2,1-2H3,(H,32,36).